The van der Waals surface area contributed by atoms with E-state index in [1.165, 1.54) is 5.57 Å². The molecule has 0 bridgehead atoms. The van der Waals surface area contributed by atoms with Gasteiger partial charge >= 0.3 is 0 Å². The van der Waals surface area contributed by atoms with E-state index in [1.54, 1.807) is 0 Å². The summed E-state index contributed by atoms with van der Waals surface area (Å²) in [5, 5.41) is 1.01. The molecule has 0 aliphatic carbocycles. The average Bonchev–Trinajstić information content (AvgIpc) is 1.81. The molecule has 0 atom stereocenters. The lowest BCUT2D eigenvalue weighted by molar-refractivity contribution is 0.538. The van der Waals surface area contributed by atoms with Gasteiger partial charge in [-0.2, -0.15) is 0 Å². The van der Waals surface area contributed by atoms with Crippen LogP contribution in [-0.2, 0) is 0 Å². The van der Waals surface area contributed by atoms with Crippen molar-refractivity contribution in [1.29, 1.82) is 0 Å². The zero-order valence-electron chi connectivity index (χ0n) is 7.37. The SMILES string of the molecule is CC/C(=C/C(C)(C)C)CBr. The number of rotatable bonds is 2. The maximum absolute atomic E-state index is 3.46. The van der Waals surface area contributed by atoms with E-state index in [1.807, 2.05) is 0 Å². The fraction of sp³-hybridized carbons (Fsp3) is 0.778. The highest BCUT2D eigenvalue weighted by Crippen LogP contribution is 2.19. The first kappa shape index (κ1) is 10.2. The summed E-state index contributed by atoms with van der Waals surface area (Å²) in [4.78, 5) is 0. The molecule has 0 fully saturated rings. The second kappa shape index (κ2) is 4.17. The summed E-state index contributed by atoms with van der Waals surface area (Å²) in [5.74, 6) is 0. The van der Waals surface area contributed by atoms with Gasteiger partial charge in [-0.25, -0.2) is 0 Å². The van der Waals surface area contributed by atoms with E-state index >= 15 is 0 Å². The van der Waals surface area contributed by atoms with Gasteiger partial charge in [-0.15, -0.1) is 0 Å². The molecule has 0 aromatic carbocycles. The summed E-state index contributed by atoms with van der Waals surface area (Å²) in [6.45, 7) is 8.88. The smallest absolute Gasteiger partial charge is 0.0241 e. The van der Waals surface area contributed by atoms with Gasteiger partial charge in [0.15, 0.2) is 0 Å². The van der Waals surface area contributed by atoms with E-state index in [9.17, 15) is 0 Å². The number of hydrogen-bond acceptors (Lipinski definition) is 0. The maximum Gasteiger partial charge on any atom is 0.0241 e. The van der Waals surface area contributed by atoms with E-state index in [2.05, 4.69) is 49.7 Å². The second-order valence-electron chi connectivity index (χ2n) is 3.66. The van der Waals surface area contributed by atoms with Crippen LogP contribution in [0.1, 0.15) is 34.1 Å². The molecule has 60 valence electrons. The van der Waals surface area contributed by atoms with Gasteiger partial charge in [-0.3, -0.25) is 0 Å². The minimum atomic E-state index is 0.332. The molecule has 0 heterocycles. The summed E-state index contributed by atoms with van der Waals surface area (Å²) in [6, 6.07) is 0. The fourth-order valence-electron chi connectivity index (χ4n) is 0.848. The predicted molar refractivity (Wildman–Crippen MR) is 51.6 cm³/mol. The minimum absolute atomic E-state index is 0.332. The Morgan fingerprint density at radius 2 is 1.90 bits per heavy atom. The van der Waals surface area contributed by atoms with Crippen molar-refractivity contribution in [2.45, 2.75) is 34.1 Å². The van der Waals surface area contributed by atoms with Crippen LogP contribution in [0.5, 0.6) is 0 Å². The molecule has 0 N–H and O–H groups in total. The molecule has 0 spiro atoms. The molecule has 0 nitrogen and oxygen atoms in total. The molecule has 1 heteroatoms. The average molecular weight is 205 g/mol. The van der Waals surface area contributed by atoms with Crippen molar-refractivity contribution < 1.29 is 0 Å². The van der Waals surface area contributed by atoms with Crippen LogP contribution in [0.25, 0.3) is 0 Å². The molecule has 0 aromatic rings. The van der Waals surface area contributed by atoms with E-state index in [4.69, 9.17) is 0 Å². The summed E-state index contributed by atoms with van der Waals surface area (Å²) < 4.78 is 0. The van der Waals surface area contributed by atoms with Gasteiger partial charge in [-0.1, -0.05) is 55.3 Å². The summed E-state index contributed by atoms with van der Waals surface area (Å²) in [6.07, 6.45) is 3.49. The van der Waals surface area contributed by atoms with Crippen LogP contribution < -0.4 is 0 Å². The lowest BCUT2D eigenvalue weighted by Crippen LogP contribution is -2.01. The van der Waals surface area contributed by atoms with E-state index in [0.717, 1.165) is 11.8 Å². The fourth-order valence-corrected chi connectivity index (χ4v) is 1.41. The second-order valence-corrected chi connectivity index (χ2v) is 4.22. The number of halogens is 1. The number of alkyl halides is 1. The molecule has 0 saturated heterocycles. The first-order valence-electron chi connectivity index (χ1n) is 3.76. The third-order valence-electron chi connectivity index (χ3n) is 1.26. The summed E-state index contributed by atoms with van der Waals surface area (Å²) in [5.41, 5.74) is 1.83. The molecule has 0 saturated carbocycles. The Balaban J connectivity index is 4.11. The quantitative estimate of drug-likeness (QED) is 0.475. The van der Waals surface area contributed by atoms with Gasteiger partial charge in [0.05, 0.1) is 0 Å². The first-order chi connectivity index (χ1) is 4.49. The zero-order chi connectivity index (χ0) is 8.20. The lowest BCUT2D eigenvalue weighted by atomic mass is 9.93. The third-order valence-corrected chi connectivity index (χ3v) is 1.98. The lowest BCUT2D eigenvalue weighted by Gasteiger charge is -2.14. The Labute approximate surface area is 72.8 Å². The van der Waals surface area contributed by atoms with Gasteiger partial charge in [-0.05, 0) is 11.8 Å². The van der Waals surface area contributed by atoms with Crippen molar-refractivity contribution in [3.8, 4) is 0 Å². The Morgan fingerprint density at radius 3 is 2.00 bits per heavy atom. The highest BCUT2D eigenvalue weighted by molar-refractivity contribution is 9.09. The molecule has 0 unspecified atom stereocenters. The Kier molecular flexibility index (Phi) is 4.26. The van der Waals surface area contributed by atoms with Gasteiger partial charge < -0.3 is 0 Å². The van der Waals surface area contributed by atoms with Crippen molar-refractivity contribution in [3.63, 3.8) is 0 Å². The van der Waals surface area contributed by atoms with Gasteiger partial charge in [0, 0.05) is 5.33 Å². The monoisotopic (exact) mass is 204 g/mol. The summed E-state index contributed by atoms with van der Waals surface area (Å²) in [7, 11) is 0. The van der Waals surface area contributed by atoms with Crippen LogP contribution in [0.15, 0.2) is 11.6 Å². The number of allylic oxidation sites excluding steroid dienone is 2. The maximum atomic E-state index is 3.46. The van der Waals surface area contributed by atoms with Crippen molar-refractivity contribution in [2.75, 3.05) is 5.33 Å². The van der Waals surface area contributed by atoms with Crippen molar-refractivity contribution in [2.24, 2.45) is 5.41 Å². The molecular weight excluding hydrogens is 188 g/mol. The van der Waals surface area contributed by atoms with Crippen molar-refractivity contribution >= 4 is 15.9 Å². The van der Waals surface area contributed by atoms with E-state index in [0.29, 0.717) is 5.41 Å². The normalized spacial score (nSPS) is 13.9. The van der Waals surface area contributed by atoms with Gasteiger partial charge in [0.2, 0.25) is 0 Å². The summed E-state index contributed by atoms with van der Waals surface area (Å²) >= 11 is 3.46. The highest BCUT2D eigenvalue weighted by Gasteiger charge is 2.06. The van der Waals surface area contributed by atoms with E-state index < -0.39 is 0 Å². The van der Waals surface area contributed by atoms with Crippen LogP contribution in [0.3, 0.4) is 0 Å². The Bertz CT molecular complexity index is 111. The van der Waals surface area contributed by atoms with Crippen LogP contribution >= 0.6 is 15.9 Å². The predicted octanol–water partition coefficient (Wildman–Crippen LogP) is 3.76. The van der Waals surface area contributed by atoms with Crippen molar-refractivity contribution in [3.05, 3.63) is 11.6 Å². The molecule has 0 rings (SSSR count). The molecule has 0 aromatic heterocycles. The standard InChI is InChI=1S/C9H17Br/c1-5-8(7-10)6-9(2,3)4/h6H,5,7H2,1-4H3/b8-6-. The Hall–Kier alpha value is 0.220. The van der Waals surface area contributed by atoms with Crippen LogP contribution in [-0.4, -0.2) is 5.33 Å². The van der Waals surface area contributed by atoms with Crippen LogP contribution in [0, 0.1) is 5.41 Å². The molecular formula is C9H17Br. The molecule has 0 radical (unpaired) electrons. The van der Waals surface area contributed by atoms with Gasteiger partial charge in [0.1, 0.15) is 0 Å². The topological polar surface area (TPSA) is 0 Å². The molecule has 0 aliphatic rings. The molecule has 0 amide bonds. The highest BCUT2D eigenvalue weighted by atomic mass is 79.9. The first-order valence-corrected chi connectivity index (χ1v) is 4.88. The van der Waals surface area contributed by atoms with E-state index in [-0.39, 0.29) is 0 Å². The largest absolute Gasteiger partial charge is 0.0880 e. The Morgan fingerprint density at radius 1 is 1.40 bits per heavy atom. The molecule has 10 heavy (non-hydrogen) atoms. The number of hydrogen-bond donors (Lipinski definition) is 0. The molecule has 0 aliphatic heterocycles. The van der Waals surface area contributed by atoms with Gasteiger partial charge in [0.25, 0.3) is 0 Å². The van der Waals surface area contributed by atoms with Crippen molar-refractivity contribution in [1.82, 2.24) is 0 Å². The zero-order valence-corrected chi connectivity index (χ0v) is 8.96. The third kappa shape index (κ3) is 5.04. The van der Waals surface area contributed by atoms with Crippen LogP contribution in [0.4, 0.5) is 0 Å². The minimum Gasteiger partial charge on any atom is -0.0880 e. The van der Waals surface area contributed by atoms with Crippen LogP contribution in [0.2, 0.25) is 0 Å².